The molecule has 0 aliphatic rings. The Kier molecular flexibility index (Phi) is 3.41. The molecule has 1 aromatic heterocycles. The number of anilines is 2. The van der Waals surface area contributed by atoms with E-state index < -0.39 is 0 Å². The van der Waals surface area contributed by atoms with E-state index in [0.29, 0.717) is 11.0 Å². The van der Waals surface area contributed by atoms with E-state index in [0.717, 1.165) is 15.7 Å². The average molecular weight is 299 g/mol. The zero-order chi connectivity index (χ0) is 11.5. The van der Waals surface area contributed by atoms with Crippen molar-refractivity contribution in [1.82, 2.24) is 9.97 Å². The first kappa shape index (κ1) is 11.4. The average Bonchev–Trinajstić information content (AvgIpc) is 2.24. The Hall–Kier alpha value is -1.13. The highest BCUT2D eigenvalue weighted by atomic mass is 79.9. The number of rotatable bonds is 2. The lowest BCUT2D eigenvalue weighted by Crippen LogP contribution is -1.94. The molecule has 0 saturated heterocycles. The van der Waals surface area contributed by atoms with Crippen LogP contribution in [0.3, 0.4) is 0 Å². The van der Waals surface area contributed by atoms with Gasteiger partial charge in [-0.05, 0) is 30.7 Å². The smallest absolute Gasteiger partial charge is 0.150 e. The van der Waals surface area contributed by atoms with Gasteiger partial charge in [-0.3, -0.25) is 4.98 Å². The predicted molar refractivity (Wildman–Crippen MR) is 69.2 cm³/mol. The fourth-order valence-corrected chi connectivity index (χ4v) is 1.67. The maximum Gasteiger partial charge on any atom is 0.150 e. The number of nitrogens with zero attached hydrogens (tertiary/aromatic N) is 2. The van der Waals surface area contributed by atoms with Crippen molar-refractivity contribution in [3.63, 3.8) is 0 Å². The van der Waals surface area contributed by atoms with Gasteiger partial charge in [-0.1, -0.05) is 27.5 Å². The largest absolute Gasteiger partial charge is 0.339 e. The van der Waals surface area contributed by atoms with Crippen LogP contribution >= 0.6 is 27.5 Å². The van der Waals surface area contributed by atoms with Crippen LogP contribution in [0.2, 0.25) is 5.15 Å². The summed E-state index contributed by atoms with van der Waals surface area (Å²) in [6.07, 6.45) is 3.13. The van der Waals surface area contributed by atoms with Crippen LogP contribution in [0.4, 0.5) is 11.5 Å². The SMILES string of the molecule is Cc1cc(Nc2cncc(Cl)n2)ccc1Br. The third-order valence-corrected chi connectivity index (χ3v) is 3.11. The molecule has 0 spiro atoms. The molecule has 0 amide bonds. The Morgan fingerprint density at radius 3 is 2.81 bits per heavy atom. The molecule has 1 aromatic carbocycles. The summed E-state index contributed by atoms with van der Waals surface area (Å²) in [4.78, 5) is 8.05. The topological polar surface area (TPSA) is 37.8 Å². The summed E-state index contributed by atoms with van der Waals surface area (Å²) in [6.45, 7) is 2.03. The lowest BCUT2D eigenvalue weighted by atomic mass is 10.2. The lowest BCUT2D eigenvalue weighted by Gasteiger charge is -2.06. The van der Waals surface area contributed by atoms with Gasteiger partial charge in [0.15, 0.2) is 5.82 Å². The molecule has 0 saturated carbocycles. The maximum atomic E-state index is 5.75. The highest BCUT2D eigenvalue weighted by Crippen LogP contribution is 2.22. The molecule has 16 heavy (non-hydrogen) atoms. The minimum Gasteiger partial charge on any atom is -0.339 e. The normalized spacial score (nSPS) is 10.2. The van der Waals surface area contributed by atoms with E-state index in [1.165, 1.54) is 6.20 Å². The van der Waals surface area contributed by atoms with E-state index in [4.69, 9.17) is 11.6 Å². The Morgan fingerprint density at radius 2 is 2.12 bits per heavy atom. The molecule has 0 unspecified atom stereocenters. The molecule has 3 nitrogen and oxygen atoms in total. The molecule has 2 rings (SSSR count). The van der Waals surface area contributed by atoms with Crippen LogP contribution in [0.5, 0.6) is 0 Å². The number of nitrogens with one attached hydrogen (secondary N) is 1. The molecule has 82 valence electrons. The molecule has 0 atom stereocenters. The lowest BCUT2D eigenvalue weighted by molar-refractivity contribution is 1.20. The monoisotopic (exact) mass is 297 g/mol. The fraction of sp³-hybridized carbons (Fsp3) is 0.0909. The highest BCUT2D eigenvalue weighted by Gasteiger charge is 2.00. The number of aryl methyl sites for hydroxylation is 1. The van der Waals surface area contributed by atoms with Gasteiger partial charge in [0.1, 0.15) is 5.15 Å². The second kappa shape index (κ2) is 4.80. The molecule has 1 N–H and O–H groups in total. The van der Waals surface area contributed by atoms with Crippen LogP contribution in [0, 0.1) is 6.92 Å². The molecule has 0 aliphatic carbocycles. The number of benzene rings is 1. The van der Waals surface area contributed by atoms with E-state index in [9.17, 15) is 0 Å². The third kappa shape index (κ3) is 2.71. The zero-order valence-corrected chi connectivity index (χ0v) is 10.9. The quantitative estimate of drug-likeness (QED) is 0.912. The molecule has 5 heteroatoms. The van der Waals surface area contributed by atoms with Crippen LogP contribution < -0.4 is 5.32 Å². The van der Waals surface area contributed by atoms with E-state index in [1.807, 2.05) is 25.1 Å². The number of halogens is 2. The van der Waals surface area contributed by atoms with E-state index in [-0.39, 0.29) is 0 Å². The summed E-state index contributed by atoms with van der Waals surface area (Å²) in [6, 6.07) is 5.96. The Labute approximate surface area is 107 Å². The Morgan fingerprint density at radius 1 is 1.31 bits per heavy atom. The van der Waals surface area contributed by atoms with Gasteiger partial charge in [-0.25, -0.2) is 4.98 Å². The minimum absolute atomic E-state index is 0.374. The highest BCUT2D eigenvalue weighted by molar-refractivity contribution is 9.10. The maximum absolute atomic E-state index is 5.75. The Balaban J connectivity index is 2.24. The van der Waals surface area contributed by atoms with Crippen molar-refractivity contribution in [2.24, 2.45) is 0 Å². The molecular weight excluding hydrogens is 289 g/mol. The van der Waals surface area contributed by atoms with Crippen LogP contribution in [-0.4, -0.2) is 9.97 Å². The fourth-order valence-electron chi connectivity index (χ4n) is 1.27. The van der Waals surface area contributed by atoms with Crippen molar-refractivity contribution in [3.05, 3.63) is 45.8 Å². The van der Waals surface area contributed by atoms with Crippen LogP contribution in [0.25, 0.3) is 0 Å². The molecule has 2 aromatic rings. The summed E-state index contributed by atoms with van der Waals surface area (Å²) < 4.78 is 1.08. The standard InChI is InChI=1S/C11H9BrClN3/c1-7-4-8(2-3-9(7)12)15-11-6-14-5-10(13)16-11/h2-6H,1H3,(H,15,16). The minimum atomic E-state index is 0.374. The van der Waals surface area contributed by atoms with Crippen LogP contribution in [-0.2, 0) is 0 Å². The first-order valence-corrected chi connectivity index (χ1v) is 5.83. The van der Waals surface area contributed by atoms with Gasteiger partial charge in [0.05, 0.1) is 12.4 Å². The van der Waals surface area contributed by atoms with Gasteiger partial charge in [-0.2, -0.15) is 0 Å². The summed E-state index contributed by atoms with van der Waals surface area (Å²) in [5.74, 6) is 0.634. The van der Waals surface area contributed by atoms with Gasteiger partial charge in [-0.15, -0.1) is 0 Å². The van der Waals surface area contributed by atoms with Gasteiger partial charge in [0.2, 0.25) is 0 Å². The number of hydrogen-bond donors (Lipinski definition) is 1. The van der Waals surface area contributed by atoms with Crippen molar-refractivity contribution < 1.29 is 0 Å². The molecule has 0 aliphatic heterocycles. The molecule has 0 bridgehead atoms. The summed E-state index contributed by atoms with van der Waals surface area (Å²) >= 11 is 9.20. The van der Waals surface area contributed by atoms with Gasteiger partial charge < -0.3 is 5.32 Å². The van der Waals surface area contributed by atoms with E-state index >= 15 is 0 Å². The first-order chi connectivity index (χ1) is 7.65. The van der Waals surface area contributed by atoms with E-state index in [1.54, 1.807) is 6.20 Å². The summed E-state index contributed by atoms with van der Waals surface area (Å²) in [5.41, 5.74) is 2.11. The predicted octanol–water partition coefficient (Wildman–Crippen LogP) is 3.94. The van der Waals surface area contributed by atoms with Crippen molar-refractivity contribution in [2.45, 2.75) is 6.92 Å². The van der Waals surface area contributed by atoms with Crippen molar-refractivity contribution in [3.8, 4) is 0 Å². The van der Waals surface area contributed by atoms with Gasteiger partial charge >= 0.3 is 0 Å². The third-order valence-electron chi connectivity index (χ3n) is 2.04. The van der Waals surface area contributed by atoms with Crippen molar-refractivity contribution in [2.75, 3.05) is 5.32 Å². The van der Waals surface area contributed by atoms with E-state index in [2.05, 4.69) is 31.2 Å². The zero-order valence-electron chi connectivity index (χ0n) is 8.54. The van der Waals surface area contributed by atoms with Gasteiger partial charge in [0.25, 0.3) is 0 Å². The van der Waals surface area contributed by atoms with Crippen LogP contribution in [0.1, 0.15) is 5.56 Å². The summed E-state index contributed by atoms with van der Waals surface area (Å²) in [5, 5.41) is 3.51. The van der Waals surface area contributed by atoms with Crippen molar-refractivity contribution in [1.29, 1.82) is 0 Å². The van der Waals surface area contributed by atoms with Crippen molar-refractivity contribution >= 4 is 39.0 Å². The second-order valence-electron chi connectivity index (χ2n) is 3.32. The first-order valence-electron chi connectivity index (χ1n) is 4.66. The number of aromatic nitrogens is 2. The molecule has 0 radical (unpaired) electrons. The molecule has 1 heterocycles. The van der Waals surface area contributed by atoms with Gasteiger partial charge in [0, 0.05) is 10.2 Å². The number of hydrogen-bond acceptors (Lipinski definition) is 3. The van der Waals surface area contributed by atoms with Crippen LogP contribution in [0.15, 0.2) is 35.1 Å². The summed E-state index contributed by atoms with van der Waals surface area (Å²) in [7, 11) is 0. The Bertz CT molecular complexity index is 516. The molecular formula is C11H9BrClN3. The molecule has 0 fully saturated rings. The second-order valence-corrected chi connectivity index (χ2v) is 4.56.